The largest absolute Gasteiger partial charge is 0.502 e. The fourth-order valence-corrected chi connectivity index (χ4v) is 0.915. The molecule has 82 valence electrons. The zero-order chi connectivity index (χ0) is 11.8. The van der Waals surface area contributed by atoms with Gasteiger partial charge in [0.2, 0.25) is 0 Å². The van der Waals surface area contributed by atoms with Crippen molar-refractivity contribution in [1.29, 1.82) is 0 Å². The van der Waals surface area contributed by atoms with Crippen LogP contribution in [0.15, 0.2) is 12.1 Å². The molecule has 0 saturated carbocycles. The van der Waals surface area contributed by atoms with Crippen LogP contribution in [0.1, 0.15) is 5.56 Å². The molecule has 0 aliphatic heterocycles. The highest BCUT2D eigenvalue weighted by Crippen LogP contribution is 2.37. The molecule has 1 N–H and O–H groups in total. The number of alkyl halides is 3. The molecule has 8 heteroatoms. The average molecular weight is 225 g/mol. The molecule has 0 saturated heterocycles. The van der Waals surface area contributed by atoms with Crippen molar-refractivity contribution in [2.24, 2.45) is 0 Å². The number of hydrogen-bond donors (Lipinski definition) is 1. The highest BCUT2D eigenvalue weighted by atomic mass is 19.4. The van der Waals surface area contributed by atoms with E-state index in [0.29, 0.717) is 0 Å². The summed E-state index contributed by atoms with van der Waals surface area (Å²) in [7, 11) is 0. The quantitative estimate of drug-likeness (QED) is 0.453. The van der Waals surface area contributed by atoms with E-state index in [2.05, 4.69) is 0 Å². The second-order valence-corrected chi connectivity index (χ2v) is 2.58. The Labute approximate surface area is 79.9 Å². The Morgan fingerprint density at radius 3 is 2.27 bits per heavy atom. The van der Waals surface area contributed by atoms with E-state index >= 15 is 0 Å². The lowest BCUT2D eigenvalue weighted by molar-refractivity contribution is -0.386. The molecule has 4 nitrogen and oxygen atoms in total. The maximum absolute atomic E-state index is 12.7. The predicted molar refractivity (Wildman–Crippen MR) is 39.7 cm³/mol. The minimum Gasteiger partial charge on any atom is -0.502 e. The summed E-state index contributed by atoms with van der Waals surface area (Å²) in [4.78, 5) is 8.94. The van der Waals surface area contributed by atoms with Gasteiger partial charge in [0, 0.05) is 12.1 Å². The van der Waals surface area contributed by atoms with E-state index in [9.17, 15) is 27.7 Å². The van der Waals surface area contributed by atoms with Gasteiger partial charge in [0.05, 0.1) is 10.5 Å². The van der Waals surface area contributed by atoms with Gasteiger partial charge in [-0.2, -0.15) is 13.2 Å². The number of nitro benzene ring substituents is 1. The Hall–Kier alpha value is -1.86. The van der Waals surface area contributed by atoms with Gasteiger partial charge < -0.3 is 5.11 Å². The Bertz CT molecular complexity index is 415. The molecule has 1 aromatic carbocycles. The Kier molecular flexibility index (Phi) is 2.52. The Morgan fingerprint density at radius 2 is 1.87 bits per heavy atom. The molecule has 1 rings (SSSR count). The van der Waals surface area contributed by atoms with Gasteiger partial charge in [-0.1, -0.05) is 0 Å². The van der Waals surface area contributed by atoms with E-state index in [1.54, 1.807) is 0 Å². The molecule has 0 spiro atoms. The summed E-state index contributed by atoms with van der Waals surface area (Å²) in [5.74, 6) is -2.91. The highest BCUT2D eigenvalue weighted by Gasteiger charge is 2.36. The average Bonchev–Trinajstić information content (AvgIpc) is 2.00. The molecule has 0 heterocycles. The van der Waals surface area contributed by atoms with Crippen molar-refractivity contribution in [3.63, 3.8) is 0 Å². The van der Waals surface area contributed by atoms with Gasteiger partial charge >= 0.3 is 11.9 Å². The minimum atomic E-state index is -5.04. The van der Waals surface area contributed by atoms with Crippen LogP contribution in [0.5, 0.6) is 5.75 Å². The lowest BCUT2D eigenvalue weighted by atomic mass is 10.1. The van der Waals surface area contributed by atoms with E-state index in [4.69, 9.17) is 5.11 Å². The molecule has 0 fully saturated rings. The smallest absolute Gasteiger partial charge is 0.419 e. The maximum atomic E-state index is 12.7. The molecule has 0 amide bonds. The molecule has 0 aliphatic carbocycles. The first-order valence-corrected chi connectivity index (χ1v) is 3.47. The summed E-state index contributed by atoms with van der Waals surface area (Å²) in [6.45, 7) is 0. The number of phenols is 1. The van der Waals surface area contributed by atoms with E-state index in [-0.39, 0.29) is 12.1 Å². The van der Waals surface area contributed by atoms with Gasteiger partial charge in [-0.25, -0.2) is 4.39 Å². The third-order valence-corrected chi connectivity index (χ3v) is 1.57. The van der Waals surface area contributed by atoms with Crippen LogP contribution in [0.3, 0.4) is 0 Å². The topological polar surface area (TPSA) is 63.4 Å². The lowest BCUT2D eigenvalue weighted by Gasteiger charge is -2.07. The number of rotatable bonds is 1. The van der Waals surface area contributed by atoms with E-state index in [1.165, 1.54) is 0 Å². The Morgan fingerprint density at radius 1 is 1.33 bits per heavy atom. The van der Waals surface area contributed by atoms with Gasteiger partial charge in [-0.15, -0.1) is 0 Å². The van der Waals surface area contributed by atoms with Crippen molar-refractivity contribution in [2.75, 3.05) is 0 Å². The molecule has 0 bridgehead atoms. The number of aromatic hydroxyl groups is 1. The predicted octanol–water partition coefficient (Wildman–Crippen LogP) is 2.46. The fourth-order valence-electron chi connectivity index (χ4n) is 0.915. The molecular weight excluding hydrogens is 222 g/mol. The third kappa shape index (κ3) is 2.14. The maximum Gasteiger partial charge on any atom is 0.419 e. The van der Waals surface area contributed by atoms with Gasteiger partial charge in [0.15, 0.2) is 5.75 Å². The second kappa shape index (κ2) is 3.37. The third-order valence-electron chi connectivity index (χ3n) is 1.57. The number of hydrogen-bond acceptors (Lipinski definition) is 3. The molecule has 0 aromatic heterocycles. The van der Waals surface area contributed by atoms with Crippen molar-refractivity contribution in [3.8, 4) is 5.75 Å². The molecule has 0 aliphatic rings. The van der Waals surface area contributed by atoms with Crippen LogP contribution in [0.25, 0.3) is 0 Å². The molecular formula is C7H3F4NO3. The van der Waals surface area contributed by atoms with Crippen LogP contribution < -0.4 is 0 Å². The molecule has 15 heavy (non-hydrogen) atoms. The summed E-state index contributed by atoms with van der Waals surface area (Å²) in [6, 6.07) is 0.00558. The number of nitrogens with zero attached hydrogens (tertiary/aromatic N) is 1. The van der Waals surface area contributed by atoms with Crippen LogP contribution in [-0.2, 0) is 6.18 Å². The van der Waals surface area contributed by atoms with E-state index in [0.717, 1.165) is 0 Å². The number of halogens is 4. The number of phenolic OH excluding ortho intramolecular Hbond substituents is 1. The monoisotopic (exact) mass is 225 g/mol. The summed E-state index contributed by atoms with van der Waals surface area (Å²) >= 11 is 0. The van der Waals surface area contributed by atoms with Crippen molar-refractivity contribution in [1.82, 2.24) is 0 Å². The van der Waals surface area contributed by atoms with Gasteiger partial charge in [0.1, 0.15) is 5.82 Å². The second-order valence-electron chi connectivity index (χ2n) is 2.58. The standard InChI is InChI=1S/C7H3F4NO3/c8-4-2-6(13)5(12(14)15)1-3(4)7(9,10)11/h1-2,13H. The van der Waals surface area contributed by atoms with Gasteiger partial charge in [-0.3, -0.25) is 10.1 Å². The first-order chi connectivity index (χ1) is 6.73. The van der Waals surface area contributed by atoms with Gasteiger partial charge in [-0.05, 0) is 0 Å². The summed E-state index contributed by atoms with van der Waals surface area (Å²) in [6.07, 6.45) is -5.04. The molecule has 0 unspecified atom stereocenters. The summed E-state index contributed by atoms with van der Waals surface area (Å²) < 4.78 is 48.9. The van der Waals surface area contributed by atoms with Crippen LogP contribution in [0, 0.1) is 15.9 Å². The van der Waals surface area contributed by atoms with Crippen LogP contribution >= 0.6 is 0 Å². The van der Waals surface area contributed by atoms with Crippen molar-refractivity contribution in [3.05, 3.63) is 33.6 Å². The van der Waals surface area contributed by atoms with Crippen LogP contribution in [0.4, 0.5) is 23.2 Å². The fraction of sp³-hybridized carbons (Fsp3) is 0.143. The highest BCUT2D eigenvalue weighted by molar-refractivity contribution is 5.48. The van der Waals surface area contributed by atoms with Crippen LogP contribution in [-0.4, -0.2) is 10.0 Å². The molecule has 0 atom stereocenters. The zero-order valence-electron chi connectivity index (χ0n) is 6.88. The summed E-state index contributed by atoms with van der Waals surface area (Å²) in [5, 5.41) is 19.0. The van der Waals surface area contributed by atoms with Gasteiger partial charge in [0.25, 0.3) is 0 Å². The first kappa shape index (κ1) is 11.2. The first-order valence-electron chi connectivity index (χ1n) is 3.47. The lowest BCUT2D eigenvalue weighted by Crippen LogP contribution is -2.08. The number of benzene rings is 1. The number of nitro groups is 1. The van der Waals surface area contributed by atoms with E-state index in [1.807, 2.05) is 0 Å². The SMILES string of the molecule is O=[N+]([O-])c1cc(C(F)(F)F)c(F)cc1O. The normalized spacial score (nSPS) is 11.5. The van der Waals surface area contributed by atoms with Crippen molar-refractivity contribution < 1.29 is 27.6 Å². The molecule has 0 radical (unpaired) electrons. The minimum absolute atomic E-state index is 0.0509. The molecule has 1 aromatic rings. The van der Waals surface area contributed by atoms with Crippen molar-refractivity contribution >= 4 is 5.69 Å². The Balaban J connectivity index is 3.43. The van der Waals surface area contributed by atoms with E-state index < -0.39 is 33.9 Å². The zero-order valence-corrected chi connectivity index (χ0v) is 6.88. The summed E-state index contributed by atoms with van der Waals surface area (Å²) in [5.41, 5.74) is -2.98. The van der Waals surface area contributed by atoms with Crippen molar-refractivity contribution in [2.45, 2.75) is 6.18 Å². The van der Waals surface area contributed by atoms with Crippen LogP contribution in [0.2, 0.25) is 0 Å².